The van der Waals surface area contributed by atoms with Gasteiger partial charge < -0.3 is 0 Å². The van der Waals surface area contributed by atoms with Gasteiger partial charge >= 0.3 is 0 Å². The minimum absolute atomic E-state index is 0.653. The number of aryl methyl sites for hydroxylation is 1. The van der Waals surface area contributed by atoms with E-state index < -0.39 is 0 Å². The highest BCUT2D eigenvalue weighted by atomic mass is 35.5. The Hall–Kier alpha value is -0.460. The van der Waals surface area contributed by atoms with Crippen molar-refractivity contribution in [2.75, 3.05) is 0 Å². The van der Waals surface area contributed by atoms with Crippen molar-refractivity contribution in [3.63, 3.8) is 0 Å². The molecule has 0 unspecified atom stereocenters. The maximum Gasteiger partial charge on any atom is 0.0408 e. The van der Waals surface area contributed by atoms with Crippen LogP contribution in [0.1, 0.15) is 11.1 Å². The predicted molar refractivity (Wildman–Crippen MR) is 54.9 cm³/mol. The maximum absolute atomic E-state index is 5.80. The van der Waals surface area contributed by atoms with Crippen LogP contribution in [0, 0.1) is 6.92 Å². The normalized spacial score (nSPS) is 9.92. The standard InChI is InChI=1S/C10H10Cl2/c1-7-5-10(12)4-3-9(7)6-8(2)11/h3-5H,2,6H2,1H3. The molecule has 0 fully saturated rings. The van der Waals surface area contributed by atoms with Gasteiger partial charge in [-0.05, 0) is 30.2 Å². The van der Waals surface area contributed by atoms with Gasteiger partial charge in [-0.15, -0.1) is 0 Å². The minimum atomic E-state index is 0.653. The molecule has 1 aromatic carbocycles. The van der Waals surface area contributed by atoms with Gasteiger partial charge in [-0.1, -0.05) is 35.8 Å². The summed E-state index contributed by atoms with van der Waals surface area (Å²) >= 11 is 11.5. The SMILES string of the molecule is C=C(Cl)Cc1ccc(Cl)cc1C. The van der Waals surface area contributed by atoms with E-state index in [9.17, 15) is 0 Å². The van der Waals surface area contributed by atoms with E-state index in [4.69, 9.17) is 23.2 Å². The fourth-order valence-electron chi connectivity index (χ4n) is 1.06. The third kappa shape index (κ3) is 2.54. The van der Waals surface area contributed by atoms with Crippen LogP contribution in [0.15, 0.2) is 29.8 Å². The van der Waals surface area contributed by atoms with Gasteiger partial charge in [0, 0.05) is 16.5 Å². The molecular weight excluding hydrogens is 191 g/mol. The number of hydrogen-bond acceptors (Lipinski definition) is 0. The summed E-state index contributed by atoms with van der Waals surface area (Å²) in [6, 6.07) is 5.77. The third-order valence-electron chi connectivity index (χ3n) is 1.69. The van der Waals surface area contributed by atoms with E-state index in [0.717, 1.165) is 10.6 Å². The molecular formula is C10H10Cl2. The van der Waals surface area contributed by atoms with E-state index in [1.165, 1.54) is 5.56 Å². The zero-order valence-electron chi connectivity index (χ0n) is 6.90. The first-order valence-electron chi connectivity index (χ1n) is 3.68. The number of hydrogen-bond donors (Lipinski definition) is 0. The zero-order valence-corrected chi connectivity index (χ0v) is 8.41. The van der Waals surface area contributed by atoms with E-state index in [2.05, 4.69) is 6.58 Å². The van der Waals surface area contributed by atoms with Crippen molar-refractivity contribution in [2.24, 2.45) is 0 Å². The Morgan fingerprint density at radius 1 is 1.50 bits per heavy atom. The Morgan fingerprint density at radius 3 is 2.67 bits per heavy atom. The van der Waals surface area contributed by atoms with E-state index in [1.54, 1.807) is 0 Å². The number of rotatable bonds is 2. The second-order valence-corrected chi connectivity index (χ2v) is 3.74. The Morgan fingerprint density at radius 2 is 2.17 bits per heavy atom. The average Bonchev–Trinajstić information content (AvgIpc) is 1.94. The van der Waals surface area contributed by atoms with Gasteiger partial charge in [-0.25, -0.2) is 0 Å². The highest BCUT2D eigenvalue weighted by molar-refractivity contribution is 6.30. The van der Waals surface area contributed by atoms with E-state index in [1.807, 2.05) is 25.1 Å². The topological polar surface area (TPSA) is 0 Å². The predicted octanol–water partition coefficient (Wildman–Crippen LogP) is 3.94. The van der Waals surface area contributed by atoms with Crippen LogP contribution in [-0.2, 0) is 6.42 Å². The van der Waals surface area contributed by atoms with Gasteiger partial charge in [-0.2, -0.15) is 0 Å². The van der Waals surface area contributed by atoms with Gasteiger partial charge in [0.25, 0.3) is 0 Å². The van der Waals surface area contributed by atoms with Crippen molar-refractivity contribution in [3.8, 4) is 0 Å². The minimum Gasteiger partial charge on any atom is -0.0894 e. The Balaban J connectivity index is 2.93. The third-order valence-corrected chi connectivity index (χ3v) is 2.06. The first kappa shape index (κ1) is 9.63. The molecule has 0 saturated carbocycles. The van der Waals surface area contributed by atoms with Crippen molar-refractivity contribution in [1.82, 2.24) is 0 Å². The van der Waals surface area contributed by atoms with Gasteiger partial charge in [0.1, 0.15) is 0 Å². The van der Waals surface area contributed by atoms with Gasteiger partial charge in [-0.3, -0.25) is 0 Å². The molecule has 0 aromatic heterocycles. The van der Waals surface area contributed by atoms with Crippen molar-refractivity contribution >= 4 is 23.2 Å². The second-order valence-electron chi connectivity index (χ2n) is 2.76. The fourth-order valence-corrected chi connectivity index (χ4v) is 1.43. The molecule has 0 heterocycles. The molecule has 0 bridgehead atoms. The molecule has 64 valence electrons. The molecule has 1 rings (SSSR count). The molecule has 0 amide bonds. The molecule has 0 radical (unpaired) electrons. The maximum atomic E-state index is 5.80. The van der Waals surface area contributed by atoms with E-state index >= 15 is 0 Å². The first-order chi connectivity index (χ1) is 5.59. The zero-order chi connectivity index (χ0) is 9.14. The van der Waals surface area contributed by atoms with Crippen LogP contribution in [0.4, 0.5) is 0 Å². The Bertz CT molecular complexity index is 303. The van der Waals surface area contributed by atoms with E-state index in [0.29, 0.717) is 11.5 Å². The smallest absolute Gasteiger partial charge is 0.0408 e. The Kier molecular flexibility index (Phi) is 3.19. The van der Waals surface area contributed by atoms with Gasteiger partial charge in [0.05, 0.1) is 0 Å². The summed E-state index contributed by atoms with van der Waals surface area (Å²) in [5.74, 6) is 0. The van der Waals surface area contributed by atoms with Crippen LogP contribution >= 0.6 is 23.2 Å². The van der Waals surface area contributed by atoms with Crippen molar-refractivity contribution in [1.29, 1.82) is 0 Å². The van der Waals surface area contributed by atoms with Crippen LogP contribution in [0.5, 0.6) is 0 Å². The van der Waals surface area contributed by atoms with Gasteiger partial charge in [0.15, 0.2) is 0 Å². The molecule has 1 aromatic rings. The molecule has 0 N–H and O–H groups in total. The Labute approximate surface area is 82.8 Å². The lowest BCUT2D eigenvalue weighted by atomic mass is 10.1. The van der Waals surface area contributed by atoms with Crippen molar-refractivity contribution < 1.29 is 0 Å². The van der Waals surface area contributed by atoms with Gasteiger partial charge in [0.2, 0.25) is 0 Å². The monoisotopic (exact) mass is 200 g/mol. The lowest BCUT2D eigenvalue weighted by Gasteiger charge is -2.03. The summed E-state index contributed by atoms with van der Waals surface area (Å²) in [6.07, 6.45) is 0.713. The molecule has 0 nitrogen and oxygen atoms in total. The molecule has 12 heavy (non-hydrogen) atoms. The molecule has 0 atom stereocenters. The summed E-state index contributed by atoms with van der Waals surface area (Å²) < 4.78 is 0. The molecule has 2 heteroatoms. The molecule has 0 aliphatic carbocycles. The summed E-state index contributed by atoms with van der Waals surface area (Å²) in [5.41, 5.74) is 2.34. The van der Waals surface area contributed by atoms with E-state index in [-0.39, 0.29) is 0 Å². The van der Waals surface area contributed by atoms with Crippen LogP contribution in [0.3, 0.4) is 0 Å². The lowest BCUT2D eigenvalue weighted by Crippen LogP contribution is -1.88. The largest absolute Gasteiger partial charge is 0.0894 e. The van der Waals surface area contributed by atoms with Crippen molar-refractivity contribution in [2.45, 2.75) is 13.3 Å². The lowest BCUT2D eigenvalue weighted by molar-refractivity contribution is 1.20. The summed E-state index contributed by atoms with van der Waals surface area (Å²) in [4.78, 5) is 0. The van der Waals surface area contributed by atoms with Crippen LogP contribution in [-0.4, -0.2) is 0 Å². The highest BCUT2D eigenvalue weighted by Gasteiger charge is 1.99. The van der Waals surface area contributed by atoms with Crippen LogP contribution < -0.4 is 0 Å². The summed E-state index contributed by atoms with van der Waals surface area (Å²) in [5, 5.41) is 1.41. The first-order valence-corrected chi connectivity index (χ1v) is 4.43. The van der Waals surface area contributed by atoms with Crippen LogP contribution in [0.2, 0.25) is 5.02 Å². The number of halogens is 2. The molecule has 0 aliphatic heterocycles. The summed E-state index contributed by atoms with van der Waals surface area (Å²) in [6.45, 7) is 5.66. The van der Waals surface area contributed by atoms with Crippen LogP contribution in [0.25, 0.3) is 0 Å². The fraction of sp³-hybridized carbons (Fsp3) is 0.200. The molecule has 0 aliphatic rings. The molecule has 0 saturated heterocycles. The second kappa shape index (κ2) is 3.97. The highest BCUT2D eigenvalue weighted by Crippen LogP contribution is 2.18. The average molecular weight is 201 g/mol. The number of benzene rings is 1. The number of allylic oxidation sites excluding steroid dienone is 1. The van der Waals surface area contributed by atoms with Crippen molar-refractivity contribution in [3.05, 3.63) is 46.0 Å². The molecule has 0 spiro atoms. The summed E-state index contributed by atoms with van der Waals surface area (Å²) in [7, 11) is 0. The quantitative estimate of drug-likeness (QED) is 0.679.